The van der Waals surface area contributed by atoms with E-state index in [-0.39, 0.29) is 12.6 Å². The minimum absolute atomic E-state index is 0.240. The van der Waals surface area contributed by atoms with Crippen molar-refractivity contribution in [2.24, 2.45) is 5.73 Å². The van der Waals surface area contributed by atoms with Gasteiger partial charge in [-0.25, -0.2) is 19.2 Å². The summed E-state index contributed by atoms with van der Waals surface area (Å²) in [4.78, 5) is 20.8. The molecule has 6 nitrogen and oxygen atoms in total. The number of nitrogens with two attached hydrogens (primary N) is 1. The predicted molar refractivity (Wildman–Crippen MR) is 74.1 cm³/mol. The van der Waals surface area contributed by atoms with Crippen molar-refractivity contribution in [1.29, 1.82) is 0 Å². The molecule has 1 saturated heterocycles. The Morgan fingerprint density at radius 1 is 1.38 bits per heavy atom. The average Bonchev–Trinajstić information content (AvgIpc) is 2.89. The highest BCUT2D eigenvalue weighted by Gasteiger charge is 2.31. The largest absolute Gasteiger partial charge is 0.443 e. The van der Waals surface area contributed by atoms with E-state index in [9.17, 15) is 9.18 Å². The molecular weight excluding hydrogens is 275 g/mol. The molecule has 1 aromatic heterocycles. The molecule has 0 spiro atoms. The molecule has 1 fully saturated rings. The summed E-state index contributed by atoms with van der Waals surface area (Å²) in [7, 11) is 0. The number of halogens is 1. The van der Waals surface area contributed by atoms with Gasteiger partial charge < -0.3 is 10.5 Å². The van der Waals surface area contributed by atoms with Crippen molar-refractivity contribution in [2.75, 3.05) is 18.0 Å². The van der Waals surface area contributed by atoms with Crippen molar-refractivity contribution in [1.82, 2.24) is 9.97 Å². The van der Waals surface area contributed by atoms with Gasteiger partial charge in [0.1, 0.15) is 18.2 Å². The van der Waals surface area contributed by atoms with E-state index < -0.39 is 11.9 Å². The van der Waals surface area contributed by atoms with Crippen molar-refractivity contribution in [2.45, 2.75) is 6.10 Å². The number of aromatic nitrogens is 2. The van der Waals surface area contributed by atoms with Gasteiger partial charge in [0.05, 0.1) is 12.2 Å². The highest BCUT2D eigenvalue weighted by molar-refractivity contribution is 5.90. The van der Waals surface area contributed by atoms with Crippen molar-refractivity contribution >= 4 is 11.8 Å². The first kappa shape index (κ1) is 13.4. The second-order valence-electron chi connectivity index (χ2n) is 4.64. The summed E-state index contributed by atoms with van der Waals surface area (Å²) in [6.07, 6.45) is 3.56. The van der Waals surface area contributed by atoms with Crippen LogP contribution in [0.1, 0.15) is 0 Å². The molecule has 108 valence electrons. The van der Waals surface area contributed by atoms with E-state index in [1.165, 1.54) is 29.7 Å². The molecule has 2 N–H and O–H groups in total. The van der Waals surface area contributed by atoms with Gasteiger partial charge in [0.2, 0.25) is 0 Å². The molecule has 0 radical (unpaired) electrons. The molecule has 1 atom stereocenters. The summed E-state index contributed by atoms with van der Waals surface area (Å²) < 4.78 is 19.3. The lowest BCUT2D eigenvalue weighted by atomic mass is 10.1. The molecule has 7 heteroatoms. The highest BCUT2D eigenvalue weighted by Crippen LogP contribution is 2.28. The molecule has 2 heterocycles. The summed E-state index contributed by atoms with van der Waals surface area (Å²) in [5.74, 6) is -0.453. The van der Waals surface area contributed by atoms with Crippen LogP contribution in [0, 0.1) is 5.82 Å². The van der Waals surface area contributed by atoms with E-state index in [1.54, 1.807) is 12.1 Å². The van der Waals surface area contributed by atoms with Crippen LogP contribution in [0.15, 0.2) is 36.9 Å². The smallest absolute Gasteiger partial charge is 0.414 e. The van der Waals surface area contributed by atoms with Crippen LogP contribution >= 0.6 is 0 Å². The van der Waals surface area contributed by atoms with Gasteiger partial charge in [0, 0.05) is 30.1 Å². The number of carbonyl (C=O) groups is 1. The molecule has 2 aromatic rings. The van der Waals surface area contributed by atoms with Gasteiger partial charge in [-0.2, -0.15) is 0 Å². The standard InChI is InChI=1S/C14H13FN4O2/c15-13-3-10(19-7-11(4-16)21-14(19)20)1-2-12(13)9-5-17-8-18-6-9/h1-3,5-6,8,11H,4,7,16H2/t11-/m0/s1. The van der Waals surface area contributed by atoms with Gasteiger partial charge in [-0.1, -0.05) is 0 Å². The van der Waals surface area contributed by atoms with Gasteiger partial charge in [-0.3, -0.25) is 4.90 Å². The SMILES string of the molecule is NC[C@H]1CN(c2ccc(-c3cncnc3)c(F)c2)C(=O)O1. The van der Waals surface area contributed by atoms with Gasteiger partial charge in [0.15, 0.2) is 0 Å². The summed E-state index contributed by atoms with van der Waals surface area (Å²) >= 11 is 0. The van der Waals surface area contributed by atoms with Crippen LogP contribution in [-0.2, 0) is 4.74 Å². The molecular formula is C14H13FN4O2. The zero-order chi connectivity index (χ0) is 14.8. The van der Waals surface area contributed by atoms with Gasteiger partial charge >= 0.3 is 6.09 Å². The van der Waals surface area contributed by atoms with Crippen molar-refractivity contribution in [3.63, 3.8) is 0 Å². The first-order valence-electron chi connectivity index (χ1n) is 6.42. The summed E-state index contributed by atoms with van der Waals surface area (Å²) in [5, 5.41) is 0. The predicted octanol–water partition coefficient (Wildman–Crippen LogP) is 1.57. The normalized spacial score (nSPS) is 17.9. The fraction of sp³-hybridized carbons (Fsp3) is 0.214. The molecule has 1 amide bonds. The Morgan fingerprint density at radius 2 is 2.14 bits per heavy atom. The minimum atomic E-state index is -0.513. The third-order valence-electron chi connectivity index (χ3n) is 3.27. The molecule has 0 saturated carbocycles. The summed E-state index contributed by atoms with van der Waals surface area (Å²) in [6.45, 7) is 0.562. The Kier molecular flexibility index (Phi) is 3.49. The van der Waals surface area contributed by atoms with Crippen molar-refractivity contribution in [3.05, 3.63) is 42.7 Å². The van der Waals surface area contributed by atoms with E-state index in [0.29, 0.717) is 23.4 Å². The minimum Gasteiger partial charge on any atom is -0.443 e. The summed E-state index contributed by atoms with van der Waals surface area (Å²) in [5.41, 5.74) is 6.86. The first-order chi connectivity index (χ1) is 10.2. The monoisotopic (exact) mass is 288 g/mol. The fourth-order valence-corrected chi connectivity index (χ4v) is 2.20. The Bertz CT molecular complexity index is 665. The maximum atomic E-state index is 14.2. The number of cyclic esters (lactones) is 1. The molecule has 1 aromatic carbocycles. The number of carbonyl (C=O) groups excluding carboxylic acids is 1. The topological polar surface area (TPSA) is 81.3 Å². The maximum absolute atomic E-state index is 14.2. The molecule has 1 aliphatic rings. The highest BCUT2D eigenvalue weighted by atomic mass is 19.1. The number of nitrogens with zero attached hydrogens (tertiary/aromatic N) is 3. The molecule has 1 aliphatic heterocycles. The van der Waals surface area contributed by atoms with Crippen LogP contribution < -0.4 is 10.6 Å². The molecule has 0 bridgehead atoms. The lowest BCUT2D eigenvalue weighted by molar-refractivity contribution is 0.145. The van der Waals surface area contributed by atoms with Crippen LogP contribution in [-0.4, -0.2) is 35.3 Å². The van der Waals surface area contributed by atoms with E-state index in [0.717, 1.165) is 0 Å². The molecule has 0 unspecified atom stereocenters. The fourth-order valence-electron chi connectivity index (χ4n) is 2.20. The average molecular weight is 288 g/mol. The number of anilines is 1. The third kappa shape index (κ3) is 2.55. The zero-order valence-electron chi connectivity index (χ0n) is 11.1. The number of hydrogen-bond acceptors (Lipinski definition) is 5. The second kappa shape index (κ2) is 5.45. The van der Waals surface area contributed by atoms with Crippen molar-refractivity contribution < 1.29 is 13.9 Å². The van der Waals surface area contributed by atoms with Crippen LogP contribution in [0.25, 0.3) is 11.1 Å². The Labute approximate surface area is 120 Å². The first-order valence-corrected chi connectivity index (χ1v) is 6.42. The van der Waals surface area contributed by atoms with Crippen molar-refractivity contribution in [3.8, 4) is 11.1 Å². The quantitative estimate of drug-likeness (QED) is 0.927. The van der Waals surface area contributed by atoms with Crippen LogP contribution in [0.3, 0.4) is 0 Å². The molecule has 3 rings (SSSR count). The van der Waals surface area contributed by atoms with Crippen LogP contribution in [0.2, 0.25) is 0 Å². The van der Waals surface area contributed by atoms with E-state index in [1.807, 2.05) is 0 Å². The lowest BCUT2D eigenvalue weighted by Crippen LogP contribution is -2.27. The number of benzene rings is 1. The van der Waals surface area contributed by atoms with Gasteiger partial charge in [-0.15, -0.1) is 0 Å². The number of rotatable bonds is 3. The van der Waals surface area contributed by atoms with Gasteiger partial charge in [-0.05, 0) is 18.2 Å². The van der Waals surface area contributed by atoms with E-state index in [4.69, 9.17) is 10.5 Å². The van der Waals surface area contributed by atoms with E-state index in [2.05, 4.69) is 9.97 Å². The second-order valence-corrected chi connectivity index (χ2v) is 4.64. The molecule has 21 heavy (non-hydrogen) atoms. The third-order valence-corrected chi connectivity index (χ3v) is 3.27. The lowest BCUT2D eigenvalue weighted by Gasteiger charge is -2.14. The molecule has 0 aliphatic carbocycles. The summed E-state index contributed by atoms with van der Waals surface area (Å²) in [6, 6.07) is 4.54. The number of ether oxygens (including phenoxy) is 1. The Hall–Kier alpha value is -2.54. The number of hydrogen-bond donors (Lipinski definition) is 1. The zero-order valence-corrected chi connectivity index (χ0v) is 11.1. The Morgan fingerprint density at radius 3 is 2.76 bits per heavy atom. The van der Waals surface area contributed by atoms with Crippen LogP contribution in [0.5, 0.6) is 0 Å². The Balaban J connectivity index is 1.90. The van der Waals surface area contributed by atoms with E-state index >= 15 is 0 Å². The maximum Gasteiger partial charge on any atom is 0.414 e. The van der Waals surface area contributed by atoms with Gasteiger partial charge in [0.25, 0.3) is 0 Å². The van der Waals surface area contributed by atoms with Crippen LogP contribution in [0.4, 0.5) is 14.9 Å². The number of amides is 1.